The maximum absolute atomic E-state index is 13.6. The quantitative estimate of drug-likeness (QED) is 0.524. The Balaban J connectivity index is 1.35. The molecule has 2 amide bonds. The lowest BCUT2D eigenvalue weighted by Crippen LogP contribution is -2.56. The minimum Gasteiger partial charge on any atom is -0.454 e. The smallest absolute Gasteiger partial charge is 0.329 e. The van der Waals surface area contributed by atoms with Gasteiger partial charge in [-0.15, -0.1) is 0 Å². The molecule has 5 fully saturated rings. The van der Waals surface area contributed by atoms with Crippen molar-refractivity contribution in [3.05, 3.63) is 0 Å². The Morgan fingerprint density at radius 3 is 2.32 bits per heavy atom. The third kappa shape index (κ3) is 3.78. The minimum absolute atomic E-state index is 0.176. The molecule has 28 heavy (non-hydrogen) atoms. The summed E-state index contributed by atoms with van der Waals surface area (Å²) >= 11 is 0. The lowest BCUT2D eigenvalue weighted by molar-refractivity contribution is -0.166. The SMILES string of the molecule is COCCNC(=O)COC(=O)[C@@H]1CCCN1C(=O)C12CC3CC(CC(C3)C1)C2. The van der Waals surface area contributed by atoms with Crippen LogP contribution in [0, 0.1) is 23.2 Å². The first-order chi connectivity index (χ1) is 13.5. The number of carbonyl (C=O) groups excluding carboxylic acids is 3. The fourth-order valence-electron chi connectivity index (χ4n) is 6.51. The normalized spacial score (nSPS) is 35.8. The molecule has 4 bridgehead atoms. The van der Waals surface area contributed by atoms with Gasteiger partial charge < -0.3 is 19.7 Å². The summed E-state index contributed by atoms with van der Waals surface area (Å²) in [5.74, 6) is 1.47. The van der Waals surface area contributed by atoms with Crippen LogP contribution in [0.25, 0.3) is 0 Å². The molecule has 5 rings (SSSR count). The molecule has 156 valence electrons. The summed E-state index contributed by atoms with van der Waals surface area (Å²) in [7, 11) is 1.56. The van der Waals surface area contributed by atoms with Crippen molar-refractivity contribution >= 4 is 17.8 Å². The number of ether oxygens (including phenoxy) is 2. The van der Waals surface area contributed by atoms with Crippen molar-refractivity contribution < 1.29 is 23.9 Å². The predicted octanol–water partition coefficient (Wildman–Crippen LogP) is 1.50. The van der Waals surface area contributed by atoms with Gasteiger partial charge in [0.2, 0.25) is 5.91 Å². The standard InChI is InChI=1S/C21H32N2O5/c1-27-6-4-22-18(24)13-28-19(25)17-3-2-5-23(17)20(26)21-10-14-7-15(11-21)9-16(8-14)12-21/h14-17H,2-13H2,1H3,(H,22,24)/t14?,15?,16?,17-,21?/m0/s1. The maximum atomic E-state index is 13.6. The third-order valence-electron chi connectivity index (χ3n) is 7.25. The molecule has 7 heteroatoms. The number of esters is 1. The van der Waals surface area contributed by atoms with Crippen LogP contribution >= 0.6 is 0 Å². The number of rotatable bonds is 7. The monoisotopic (exact) mass is 392 g/mol. The molecule has 1 saturated heterocycles. The van der Waals surface area contributed by atoms with Crippen LogP contribution in [0.3, 0.4) is 0 Å². The maximum Gasteiger partial charge on any atom is 0.329 e. The van der Waals surface area contributed by atoms with Crippen molar-refractivity contribution in [3.63, 3.8) is 0 Å². The van der Waals surface area contributed by atoms with E-state index in [1.54, 1.807) is 12.0 Å². The molecule has 7 nitrogen and oxygen atoms in total. The highest BCUT2D eigenvalue weighted by molar-refractivity contribution is 5.90. The molecule has 1 N–H and O–H groups in total. The number of likely N-dealkylation sites (tertiary alicyclic amines) is 1. The van der Waals surface area contributed by atoms with E-state index in [1.165, 1.54) is 19.3 Å². The molecule has 4 saturated carbocycles. The van der Waals surface area contributed by atoms with Crippen molar-refractivity contribution in [3.8, 4) is 0 Å². The Hall–Kier alpha value is -1.63. The van der Waals surface area contributed by atoms with Crippen LogP contribution in [0.1, 0.15) is 51.4 Å². The summed E-state index contributed by atoms with van der Waals surface area (Å²) in [6.45, 7) is 1.11. The lowest BCUT2D eigenvalue weighted by Gasteiger charge is -2.56. The van der Waals surface area contributed by atoms with Gasteiger partial charge in [0.25, 0.3) is 5.91 Å². The van der Waals surface area contributed by atoms with Gasteiger partial charge in [0, 0.05) is 20.2 Å². The first-order valence-corrected chi connectivity index (χ1v) is 10.7. The van der Waals surface area contributed by atoms with Gasteiger partial charge in [-0.1, -0.05) is 0 Å². The van der Waals surface area contributed by atoms with E-state index in [2.05, 4.69) is 5.32 Å². The minimum atomic E-state index is -0.535. The topological polar surface area (TPSA) is 84.9 Å². The Labute approximate surface area is 166 Å². The molecule has 0 radical (unpaired) electrons. The molecule has 0 unspecified atom stereocenters. The first-order valence-electron chi connectivity index (χ1n) is 10.7. The lowest BCUT2D eigenvalue weighted by atomic mass is 9.49. The number of nitrogens with one attached hydrogen (secondary N) is 1. The van der Waals surface area contributed by atoms with E-state index in [4.69, 9.17) is 9.47 Å². The average Bonchev–Trinajstić information content (AvgIpc) is 3.14. The van der Waals surface area contributed by atoms with E-state index in [1.807, 2.05) is 0 Å². The second-order valence-corrected chi connectivity index (χ2v) is 9.30. The zero-order chi connectivity index (χ0) is 19.7. The molecular weight excluding hydrogens is 360 g/mol. The van der Waals surface area contributed by atoms with Gasteiger partial charge in [-0.2, -0.15) is 0 Å². The summed E-state index contributed by atoms with van der Waals surface area (Å²) in [6.07, 6.45) is 8.30. The van der Waals surface area contributed by atoms with Crippen molar-refractivity contribution in [2.24, 2.45) is 23.2 Å². The van der Waals surface area contributed by atoms with E-state index in [9.17, 15) is 14.4 Å². The van der Waals surface area contributed by atoms with Crippen LogP contribution < -0.4 is 5.32 Å². The summed E-state index contributed by atoms with van der Waals surface area (Å²) < 4.78 is 10.1. The van der Waals surface area contributed by atoms with Crippen molar-refractivity contribution in [1.29, 1.82) is 0 Å². The Kier molecular flexibility index (Phi) is 5.63. The molecule has 0 aromatic carbocycles. The summed E-state index contributed by atoms with van der Waals surface area (Å²) in [5.41, 5.74) is -0.241. The number of hydrogen-bond donors (Lipinski definition) is 1. The van der Waals surface area contributed by atoms with Crippen LogP contribution in [0.4, 0.5) is 0 Å². The van der Waals surface area contributed by atoms with E-state index < -0.39 is 12.0 Å². The number of methoxy groups -OCH3 is 1. The molecule has 1 atom stereocenters. The van der Waals surface area contributed by atoms with Crippen LogP contribution in [0.2, 0.25) is 0 Å². The zero-order valence-corrected chi connectivity index (χ0v) is 16.8. The first kappa shape index (κ1) is 19.7. The molecule has 1 heterocycles. The number of carbonyl (C=O) groups is 3. The van der Waals surface area contributed by atoms with Crippen molar-refractivity contribution in [1.82, 2.24) is 10.2 Å². The van der Waals surface area contributed by atoms with Gasteiger partial charge in [-0.3, -0.25) is 9.59 Å². The highest BCUT2D eigenvalue weighted by Crippen LogP contribution is 2.60. The van der Waals surface area contributed by atoms with Gasteiger partial charge in [0.1, 0.15) is 6.04 Å². The van der Waals surface area contributed by atoms with Crippen LogP contribution in [-0.4, -0.2) is 62.1 Å². The van der Waals surface area contributed by atoms with Gasteiger partial charge in [-0.05, 0) is 69.1 Å². The molecule has 4 aliphatic carbocycles. The van der Waals surface area contributed by atoms with Crippen LogP contribution in [0.15, 0.2) is 0 Å². The van der Waals surface area contributed by atoms with E-state index in [0.717, 1.165) is 25.7 Å². The van der Waals surface area contributed by atoms with Crippen LogP contribution in [0.5, 0.6) is 0 Å². The predicted molar refractivity (Wildman–Crippen MR) is 101 cm³/mol. The van der Waals surface area contributed by atoms with Gasteiger partial charge in [-0.25, -0.2) is 4.79 Å². The Bertz CT molecular complexity index is 599. The van der Waals surface area contributed by atoms with Crippen LogP contribution in [-0.2, 0) is 23.9 Å². The fraction of sp³-hybridized carbons (Fsp3) is 0.857. The molecule has 0 aromatic heterocycles. The molecule has 0 aromatic rings. The van der Waals surface area contributed by atoms with Crippen molar-refractivity contribution in [2.75, 3.05) is 33.4 Å². The fourth-order valence-corrected chi connectivity index (χ4v) is 6.51. The average molecular weight is 392 g/mol. The summed E-state index contributed by atoms with van der Waals surface area (Å²) in [5, 5.41) is 2.63. The van der Waals surface area contributed by atoms with Gasteiger partial charge in [0.15, 0.2) is 6.61 Å². The zero-order valence-electron chi connectivity index (χ0n) is 16.8. The largest absolute Gasteiger partial charge is 0.454 e. The van der Waals surface area contributed by atoms with E-state index >= 15 is 0 Å². The Morgan fingerprint density at radius 1 is 1.07 bits per heavy atom. The van der Waals surface area contributed by atoms with Gasteiger partial charge >= 0.3 is 5.97 Å². The molecule has 5 aliphatic rings. The van der Waals surface area contributed by atoms with Crippen molar-refractivity contribution in [2.45, 2.75) is 57.4 Å². The highest BCUT2D eigenvalue weighted by Gasteiger charge is 2.56. The second-order valence-electron chi connectivity index (χ2n) is 9.30. The second kappa shape index (κ2) is 8.01. The summed E-state index contributed by atoms with van der Waals surface area (Å²) in [4.78, 5) is 39.7. The summed E-state index contributed by atoms with van der Waals surface area (Å²) in [6, 6.07) is -0.535. The number of nitrogens with zero attached hydrogens (tertiary/aromatic N) is 1. The van der Waals surface area contributed by atoms with Gasteiger partial charge in [0.05, 0.1) is 12.0 Å². The Morgan fingerprint density at radius 2 is 1.71 bits per heavy atom. The highest BCUT2D eigenvalue weighted by atomic mass is 16.5. The van der Waals surface area contributed by atoms with E-state index in [0.29, 0.717) is 43.9 Å². The number of hydrogen-bond acceptors (Lipinski definition) is 5. The molecule has 1 aliphatic heterocycles. The number of amides is 2. The third-order valence-corrected chi connectivity index (χ3v) is 7.25. The molecular formula is C21H32N2O5. The van der Waals surface area contributed by atoms with E-state index in [-0.39, 0.29) is 23.8 Å². The molecule has 0 spiro atoms.